The van der Waals surface area contributed by atoms with Gasteiger partial charge in [-0.1, -0.05) is 35.9 Å². The Morgan fingerprint density at radius 1 is 1.07 bits per heavy atom. The highest BCUT2D eigenvalue weighted by molar-refractivity contribution is 6.30. The van der Waals surface area contributed by atoms with E-state index in [0.29, 0.717) is 11.3 Å². The molecule has 0 radical (unpaired) electrons. The average Bonchev–Trinajstić information content (AvgIpc) is 2.68. The topological polar surface area (TPSA) is 52.7 Å². The summed E-state index contributed by atoms with van der Waals surface area (Å²) in [5.41, 5.74) is 2.46. The van der Waals surface area contributed by atoms with E-state index >= 15 is 0 Å². The highest BCUT2D eigenvalue weighted by Crippen LogP contribution is 2.16. The first-order chi connectivity index (χ1) is 13.4. The van der Waals surface area contributed by atoms with Crippen molar-refractivity contribution in [3.63, 3.8) is 0 Å². The molecule has 5 nitrogen and oxygen atoms in total. The fourth-order valence-corrected chi connectivity index (χ4v) is 3.64. The number of piperazine rings is 1. The van der Waals surface area contributed by atoms with Gasteiger partial charge in [0.25, 0.3) is 0 Å². The summed E-state index contributed by atoms with van der Waals surface area (Å²) >= 11 is 6.07. The van der Waals surface area contributed by atoms with Gasteiger partial charge in [-0.05, 0) is 43.7 Å². The Labute approximate surface area is 171 Å². The largest absolute Gasteiger partial charge is 0.325 e. The Hall–Kier alpha value is -2.21. The van der Waals surface area contributed by atoms with Gasteiger partial charge in [0.2, 0.25) is 5.91 Å². The summed E-state index contributed by atoms with van der Waals surface area (Å²) in [5, 5.41) is 3.69. The van der Waals surface area contributed by atoms with Crippen molar-refractivity contribution < 1.29 is 9.59 Å². The quantitative estimate of drug-likeness (QED) is 0.753. The van der Waals surface area contributed by atoms with Gasteiger partial charge < -0.3 is 5.32 Å². The van der Waals surface area contributed by atoms with Crippen LogP contribution in [0.2, 0.25) is 5.02 Å². The molecule has 1 amide bonds. The molecule has 1 atom stereocenters. The predicted octanol–water partition coefficient (Wildman–Crippen LogP) is 3.69. The Kier molecular flexibility index (Phi) is 6.83. The van der Waals surface area contributed by atoms with Crippen molar-refractivity contribution in [1.29, 1.82) is 0 Å². The van der Waals surface area contributed by atoms with Crippen LogP contribution in [-0.2, 0) is 11.3 Å². The van der Waals surface area contributed by atoms with Gasteiger partial charge in [0.1, 0.15) is 0 Å². The van der Waals surface area contributed by atoms with Gasteiger partial charge in [-0.2, -0.15) is 0 Å². The van der Waals surface area contributed by atoms with E-state index in [0.717, 1.165) is 37.7 Å². The normalized spacial score (nSPS) is 16.5. The number of nitrogens with zero attached hydrogens (tertiary/aromatic N) is 2. The van der Waals surface area contributed by atoms with E-state index in [1.165, 1.54) is 12.5 Å². The molecule has 148 valence electrons. The van der Waals surface area contributed by atoms with E-state index in [2.05, 4.69) is 21.2 Å². The van der Waals surface area contributed by atoms with E-state index in [1.807, 2.05) is 25.1 Å². The second kappa shape index (κ2) is 9.32. The van der Waals surface area contributed by atoms with Crippen LogP contribution in [0, 0.1) is 0 Å². The molecule has 0 spiro atoms. The maximum atomic E-state index is 12.6. The number of Topliss-reactive ketones (excluding diaryl/α,β-unsaturated/α-hetero) is 1. The molecule has 0 bridgehead atoms. The van der Waals surface area contributed by atoms with E-state index in [1.54, 1.807) is 24.3 Å². The monoisotopic (exact) mass is 399 g/mol. The molecule has 1 saturated heterocycles. The molecule has 0 unspecified atom stereocenters. The second-order valence-corrected chi connectivity index (χ2v) is 7.68. The van der Waals surface area contributed by atoms with Gasteiger partial charge in [0, 0.05) is 49.0 Å². The van der Waals surface area contributed by atoms with Gasteiger partial charge in [0.05, 0.1) is 6.04 Å². The predicted molar refractivity (Wildman–Crippen MR) is 113 cm³/mol. The lowest BCUT2D eigenvalue weighted by Gasteiger charge is -2.37. The minimum atomic E-state index is -0.227. The zero-order chi connectivity index (χ0) is 20.1. The lowest BCUT2D eigenvalue weighted by atomic mass is 10.1. The summed E-state index contributed by atoms with van der Waals surface area (Å²) in [6.45, 7) is 7.80. The summed E-state index contributed by atoms with van der Waals surface area (Å²) in [4.78, 5) is 28.7. The van der Waals surface area contributed by atoms with Crippen molar-refractivity contribution in [1.82, 2.24) is 9.80 Å². The number of carbonyl (C=O) groups excluding carboxylic acids is 2. The zero-order valence-corrected chi connectivity index (χ0v) is 17.1. The Morgan fingerprint density at radius 2 is 1.79 bits per heavy atom. The zero-order valence-electron chi connectivity index (χ0n) is 16.3. The van der Waals surface area contributed by atoms with Crippen molar-refractivity contribution in [2.75, 3.05) is 31.5 Å². The smallest absolute Gasteiger partial charge is 0.241 e. The lowest BCUT2D eigenvalue weighted by Crippen LogP contribution is -2.52. The van der Waals surface area contributed by atoms with Crippen LogP contribution in [0.3, 0.4) is 0 Å². The molecule has 2 aromatic carbocycles. The summed E-state index contributed by atoms with van der Waals surface area (Å²) in [5.74, 6) is -0.0658. The Morgan fingerprint density at radius 3 is 2.46 bits per heavy atom. The third-order valence-electron chi connectivity index (χ3n) is 5.17. The average molecular weight is 400 g/mol. The molecule has 1 fully saturated rings. The maximum Gasteiger partial charge on any atom is 0.241 e. The molecule has 1 heterocycles. The first-order valence-corrected chi connectivity index (χ1v) is 9.93. The SMILES string of the molecule is CC(=O)c1cccc(NC(=O)[C@H](C)N2CCN(Cc3cccc(Cl)c3)CC2)c1. The number of ketones is 1. The van der Waals surface area contributed by atoms with Gasteiger partial charge >= 0.3 is 0 Å². The molecule has 3 rings (SSSR count). The van der Waals surface area contributed by atoms with E-state index in [9.17, 15) is 9.59 Å². The van der Waals surface area contributed by atoms with E-state index in [-0.39, 0.29) is 17.7 Å². The summed E-state index contributed by atoms with van der Waals surface area (Å²) in [6, 6.07) is 14.8. The summed E-state index contributed by atoms with van der Waals surface area (Å²) < 4.78 is 0. The van der Waals surface area contributed by atoms with Gasteiger partial charge in [-0.25, -0.2) is 0 Å². The van der Waals surface area contributed by atoms with Crippen LogP contribution in [0.15, 0.2) is 48.5 Å². The number of halogens is 1. The summed E-state index contributed by atoms with van der Waals surface area (Å²) in [7, 11) is 0. The maximum absolute atomic E-state index is 12.6. The number of carbonyl (C=O) groups is 2. The fraction of sp³-hybridized carbons (Fsp3) is 0.364. The standard InChI is InChI=1S/C22H26ClN3O2/c1-16(22(28)24-21-8-4-6-19(14-21)17(2)27)26-11-9-25(10-12-26)15-18-5-3-7-20(23)13-18/h3-8,13-14,16H,9-12,15H2,1-2H3,(H,24,28)/t16-/m0/s1. The molecule has 2 aromatic rings. The van der Waals surface area contributed by atoms with Crippen molar-refractivity contribution in [2.24, 2.45) is 0 Å². The van der Waals surface area contributed by atoms with E-state index < -0.39 is 0 Å². The van der Waals surface area contributed by atoms with Gasteiger partial charge in [-0.15, -0.1) is 0 Å². The molecule has 1 aliphatic rings. The number of anilines is 1. The number of rotatable bonds is 6. The first-order valence-electron chi connectivity index (χ1n) is 9.55. The number of hydrogen-bond donors (Lipinski definition) is 1. The highest BCUT2D eigenvalue weighted by atomic mass is 35.5. The Bertz CT molecular complexity index is 847. The molecule has 1 N–H and O–H groups in total. The van der Waals surface area contributed by atoms with Crippen LogP contribution < -0.4 is 5.32 Å². The Balaban J connectivity index is 1.51. The van der Waals surface area contributed by atoms with Crippen molar-refractivity contribution in [2.45, 2.75) is 26.4 Å². The van der Waals surface area contributed by atoms with Crippen molar-refractivity contribution in [3.05, 3.63) is 64.7 Å². The molecular formula is C22H26ClN3O2. The number of hydrogen-bond acceptors (Lipinski definition) is 4. The molecule has 6 heteroatoms. The minimum Gasteiger partial charge on any atom is -0.325 e. The molecule has 0 saturated carbocycles. The lowest BCUT2D eigenvalue weighted by molar-refractivity contribution is -0.121. The van der Waals surface area contributed by atoms with Crippen molar-refractivity contribution >= 4 is 29.0 Å². The van der Waals surface area contributed by atoms with E-state index in [4.69, 9.17) is 11.6 Å². The van der Waals surface area contributed by atoms with Crippen LogP contribution in [-0.4, -0.2) is 53.7 Å². The summed E-state index contributed by atoms with van der Waals surface area (Å²) in [6.07, 6.45) is 0. The van der Waals surface area contributed by atoms with Crippen LogP contribution in [0.1, 0.15) is 29.8 Å². The molecule has 0 aliphatic carbocycles. The molecule has 1 aliphatic heterocycles. The van der Waals surface area contributed by atoms with Gasteiger partial charge in [-0.3, -0.25) is 19.4 Å². The van der Waals surface area contributed by atoms with Crippen LogP contribution in [0.25, 0.3) is 0 Å². The molecule has 28 heavy (non-hydrogen) atoms. The van der Waals surface area contributed by atoms with Crippen LogP contribution >= 0.6 is 11.6 Å². The van der Waals surface area contributed by atoms with Crippen LogP contribution in [0.5, 0.6) is 0 Å². The highest BCUT2D eigenvalue weighted by Gasteiger charge is 2.25. The third kappa shape index (κ3) is 5.41. The second-order valence-electron chi connectivity index (χ2n) is 7.24. The number of amides is 1. The van der Waals surface area contributed by atoms with Crippen molar-refractivity contribution in [3.8, 4) is 0 Å². The number of nitrogens with one attached hydrogen (secondary N) is 1. The molecule has 0 aromatic heterocycles. The first kappa shape index (κ1) is 20.5. The third-order valence-corrected chi connectivity index (χ3v) is 5.40. The van der Waals surface area contributed by atoms with Crippen LogP contribution in [0.4, 0.5) is 5.69 Å². The number of benzene rings is 2. The molecular weight excluding hydrogens is 374 g/mol. The van der Waals surface area contributed by atoms with Gasteiger partial charge in [0.15, 0.2) is 5.78 Å². The fourth-order valence-electron chi connectivity index (χ4n) is 3.43. The minimum absolute atomic E-state index is 0.0139.